The number of carbonyl (C=O) groups excluding carboxylic acids is 1. The molecule has 3 aromatic rings. The van der Waals surface area contributed by atoms with Crippen LogP contribution in [0, 0.1) is 0 Å². The largest absolute Gasteiger partial charge is 0.496 e. The summed E-state index contributed by atoms with van der Waals surface area (Å²) < 4.78 is 5.16. The predicted molar refractivity (Wildman–Crippen MR) is 90.9 cm³/mol. The summed E-state index contributed by atoms with van der Waals surface area (Å²) in [7, 11) is 1.53. The molecule has 1 heterocycles. The van der Waals surface area contributed by atoms with E-state index in [1.54, 1.807) is 18.2 Å². The third-order valence-corrected chi connectivity index (χ3v) is 3.66. The highest BCUT2D eigenvalue weighted by Gasteiger charge is 2.16. The van der Waals surface area contributed by atoms with E-state index in [2.05, 4.69) is 15.5 Å². The molecule has 0 aliphatic rings. The van der Waals surface area contributed by atoms with Crippen molar-refractivity contribution in [2.45, 2.75) is 6.61 Å². The Kier molecular flexibility index (Phi) is 4.58. The molecule has 122 valence electrons. The third-order valence-electron chi connectivity index (χ3n) is 3.66. The summed E-state index contributed by atoms with van der Waals surface area (Å²) in [6, 6.07) is 14.6. The van der Waals surface area contributed by atoms with E-state index in [1.807, 2.05) is 30.3 Å². The van der Waals surface area contributed by atoms with Crippen molar-refractivity contribution in [1.29, 1.82) is 0 Å². The molecule has 1 amide bonds. The van der Waals surface area contributed by atoms with Crippen LogP contribution < -0.4 is 10.1 Å². The molecule has 3 N–H and O–H groups in total. The zero-order valence-electron chi connectivity index (χ0n) is 13.1. The van der Waals surface area contributed by atoms with Gasteiger partial charge in [-0.15, -0.1) is 0 Å². The highest BCUT2D eigenvalue weighted by molar-refractivity contribution is 6.08. The summed E-state index contributed by atoms with van der Waals surface area (Å²) in [6.45, 7) is -0.173. The molecule has 0 radical (unpaired) electrons. The Morgan fingerprint density at radius 2 is 2.04 bits per heavy atom. The van der Waals surface area contributed by atoms with E-state index in [0.29, 0.717) is 28.3 Å². The van der Waals surface area contributed by atoms with E-state index in [-0.39, 0.29) is 12.5 Å². The number of H-pyrrole nitrogens is 1. The van der Waals surface area contributed by atoms with E-state index in [1.165, 1.54) is 13.3 Å². The Hall–Kier alpha value is -3.12. The minimum Gasteiger partial charge on any atom is -0.496 e. The smallest absolute Gasteiger partial charge is 0.259 e. The molecular formula is C18H17N3O3. The van der Waals surface area contributed by atoms with Crippen LogP contribution in [0.25, 0.3) is 11.3 Å². The van der Waals surface area contributed by atoms with Crippen LogP contribution in [0.3, 0.4) is 0 Å². The maximum atomic E-state index is 12.6. The van der Waals surface area contributed by atoms with Gasteiger partial charge in [-0.25, -0.2) is 0 Å². The standard InChI is InChI=1S/C18H17N3O3/c1-24-16-8-7-14(9-13(16)11-22)20-18(23)15-10-19-21-17(15)12-5-3-2-4-6-12/h2-10,22H,11H2,1H3,(H,19,21)(H,20,23). The van der Waals surface area contributed by atoms with Gasteiger partial charge >= 0.3 is 0 Å². The molecule has 6 heteroatoms. The molecular weight excluding hydrogens is 306 g/mol. The van der Waals surface area contributed by atoms with Crippen molar-refractivity contribution in [2.24, 2.45) is 0 Å². The average molecular weight is 323 g/mol. The van der Waals surface area contributed by atoms with Crippen molar-refractivity contribution in [3.63, 3.8) is 0 Å². The zero-order chi connectivity index (χ0) is 16.9. The number of carbonyl (C=O) groups is 1. The molecule has 0 saturated heterocycles. The van der Waals surface area contributed by atoms with Crippen molar-refractivity contribution < 1.29 is 14.6 Å². The molecule has 0 saturated carbocycles. The Bertz CT molecular complexity index is 844. The van der Waals surface area contributed by atoms with Gasteiger partial charge in [0.25, 0.3) is 5.91 Å². The van der Waals surface area contributed by atoms with Gasteiger partial charge in [0, 0.05) is 16.8 Å². The number of amides is 1. The summed E-state index contributed by atoms with van der Waals surface area (Å²) in [6.07, 6.45) is 1.49. The molecule has 24 heavy (non-hydrogen) atoms. The van der Waals surface area contributed by atoms with Gasteiger partial charge in [0.1, 0.15) is 5.75 Å². The van der Waals surface area contributed by atoms with E-state index >= 15 is 0 Å². The fourth-order valence-corrected chi connectivity index (χ4v) is 2.46. The molecule has 0 fully saturated rings. The topological polar surface area (TPSA) is 87.2 Å². The molecule has 0 unspecified atom stereocenters. The number of rotatable bonds is 5. The highest BCUT2D eigenvalue weighted by Crippen LogP contribution is 2.25. The lowest BCUT2D eigenvalue weighted by Crippen LogP contribution is -2.12. The Balaban J connectivity index is 1.85. The fraction of sp³-hybridized carbons (Fsp3) is 0.111. The van der Waals surface area contributed by atoms with Crippen LogP contribution in [0.5, 0.6) is 5.75 Å². The van der Waals surface area contributed by atoms with Gasteiger partial charge in [-0.3, -0.25) is 9.89 Å². The SMILES string of the molecule is COc1ccc(NC(=O)c2cn[nH]c2-c2ccccc2)cc1CO. The first-order valence-corrected chi connectivity index (χ1v) is 7.41. The summed E-state index contributed by atoms with van der Waals surface area (Å²) in [4.78, 5) is 12.6. The minimum atomic E-state index is -0.281. The number of methoxy groups -OCH3 is 1. The van der Waals surface area contributed by atoms with Crippen molar-refractivity contribution in [3.8, 4) is 17.0 Å². The van der Waals surface area contributed by atoms with Gasteiger partial charge < -0.3 is 15.2 Å². The number of aliphatic hydroxyl groups excluding tert-OH is 1. The molecule has 0 bridgehead atoms. The zero-order valence-corrected chi connectivity index (χ0v) is 13.1. The minimum absolute atomic E-state index is 0.173. The van der Waals surface area contributed by atoms with E-state index in [0.717, 1.165) is 5.56 Å². The highest BCUT2D eigenvalue weighted by atomic mass is 16.5. The Morgan fingerprint density at radius 3 is 2.75 bits per heavy atom. The maximum Gasteiger partial charge on any atom is 0.259 e. The molecule has 0 aliphatic heterocycles. The first kappa shape index (κ1) is 15.8. The number of ether oxygens (including phenoxy) is 1. The van der Waals surface area contributed by atoms with Gasteiger partial charge in [0.05, 0.1) is 31.2 Å². The quantitative estimate of drug-likeness (QED) is 0.674. The first-order chi connectivity index (χ1) is 11.7. The molecule has 0 aliphatic carbocycles. The van der Waals surface area contributed by atoms with Crippen molar-refractivity contribution in [3.05, 3.63) is 65.9 Å². The summed E-state index contributed by atoms with van der Waals surface area (Å²) in [5.74, 6) is 0.292. The van der Waals surface area contributed by atoms with Crippen LogP contribution in [-0.4, -0.2) is 28.3 Å². The second-order valence-electron chi connectivity index (χ2n) is 5.16. The fourth-order valence-electron chi connectivity index (χ4n) is 2.46. The maximum absolute atomic E-state index is 12.6. The van der Waals surface area contributed by atoms with Crippen LogP contribution in [0.1, 0.15) is 15.9 Å². The second kappa shape index (κ2) is 6.97. The number of nitrogens with zero attached hydrogens (tertiary/aromatic N) is 1. The van der Waals surface area contributed by atoms with Gasteiger partial charge in [0.15, 0.2) is 0 Å². The predicted octanol–water partition coefficient (Wildman–Crippen LogP) is 2.83. The molecule has 2 aromatic carbocycles. The van der Waals surface area contributed by atoms with Gasteiger partial charge in [-0.1, -0.05) is 30.3 Å². The van der Waals surface area contributed by atoms with E-state index < -0.39 is 0 Å². The summed E-state index contributed by atoms with van der Waals surface area (Å²) in [5.41, 5.74) is 3.16. The van der Waals surface area contributed by atoms with Gasteiger partial charge in [0.2, 0.25) is 0 Å². The normalized spacial score (nSPS) is 10.4. The number of aromatic nitrogens is 2. The van der Waals surface area contributed by atoms with Crippen molar-refractivity contribution in [2.75, 3.05) is 12.4 Å². The second-order valence-corrected chi connectivity index (χ2v) is 5.16. The monoisotopic (exact) mass is 323 g/mol. The third kappa shape index (κ3) is 3.13. The van der Waals surface area contributed by atoms with E-state index in [9.17, 15) is 9.90 Å². The summed E-state index contributed by atoms with van der Waals surface area (Å²) >= 11 is 0. The molecule has 0 atom stereocenters. The molecule has 3 rings (SSSR count). The number of aromatic amines is 1. The van der Waals surface area contributed by atoms with E-state index in [4.69, 9.17) is 4.74 Å². The number of anilines is 1. The number of aliphatic hydroxyl groups is 1. The van der Waals surface area contributed by atoms with Crippen LogP contribution in [0.15, 0.2) is 54.7 Å². The van der Waals surface area contributed by atoms with Crippen LogP contribution in [-0.2, 0) is 6.61 Å². The molecule has 6 nitrogen and oxygen atoms in total. The van der Waals surface area contributed by atoms with Crippen molar-refractivity contribution >= 4 is 11.6 Å². The summed E-state index contributed by atoms with van der Waals surface area (Å²) in [5, 5.41) is 19.0. The van der Waals surface area contributed by atoms with Gasteiger partial charge in [-0.05, 0) is 18.2 Å². The lowest BCUT2D eigenvalue weighted by Gasteiger charge is -2.10. The number of hydrogen-bond donors (Lipinski definition) is 3. The average Bonchev–Trinajstić information content (AvgIpc) is 3.12. The molecule has 0 spiro atoms. The first-order valence-electron chi connectivity index (χ1n) is 7.41. The lowest BCUT2D eigenvalue weighted by molar-refractivity contribution is 0.102. The Labute approximate surface area is 139 Å². The van der Waals surface area contributed by atoms with Crippen molar-refractivity contribution in [1.82, 2.24) is 10.2 Å². The number of nitrogens with one attached hydrogen (secondary N) is 2. The molecule has 1 aromatic heterocycles. The van der Waals surface area contributed by atoms with Gasteiger partial charge in [-0.2, -0.15) is 5.10 Å². The number of hydrogen-bond acceptors (Lipinski definition) is 4. The Morgan fingerprint density at radius 1 is 1.25 bits per heavy atom. The lowest BCUT2D eigenvalue weighted by atomic mass is 10.1. The van der Waals surface area contributed by atoms with Crippen LogP contribution in [0.2, 0.25) is 0 Å². The van der Waals surface area contributed by atoms with Crippen LogP contribution >= 0.6 is 0 Å². The van der Waals surface area contributed by atoms with Crippen LogP contribution in [0.4, 0.5) is 5.69 Å². The number of benzene rings is 2.